The molecule has 3 heteroatoms. The lowest BCUT2D eigenvalue weighted by Gasteiger charge is -2.34. The SMILES string of the molecule is CC(CC1CCCCN1)N(C)C(C)c1ccccc1F. The summed E-state index contributed by atoms with van der Waals surface area (Å²) in [5, 5.41) is 3.59. The highest BCUT2D eigenvalue weighted by molar-refractivity contribution is 5.20. The molecule has 0 bridgehead atoms. The average Bonchev–Trinajstić information content (AvgIpc) is 2.47. The van der Waals surface area contributed by atoms with Gasteiger partial charge in [0.1, 0.15) is 5.82 Å². The quantitative estimate of drug-likeness (QED) is 0.882. The van der Waals surface area contributed by atoms with E-state index in [0.717, 1.165) is 18.5 Å². The summed E-state index contributed by atoms with van der Waals surface area (Å²) in [6.07, 6.45) is 5.03. The Bertz CT molecular complexity index is 415. The molecule has 2 nitrogen and oxygen atoms in total. The van der Waals surface area contributed by atoms with Gasteiger partial charge in [-0.2, -0.15) is 0 Å². The Labute approximate surface area is 122 Å². The first-order valence-electron chi connectivity index (χ1n) is 7.79. The van der Waals surface area contributed by atoms with Crippen LogP contribution in [0, 0.1) is 5.82 Å². The minimum atomic E-state index is -0.102. The number of benzene rings is 1. The highest BCUT2D eigenvalue weighted by atomic mass is 19.1. The van der Waals surface area contributed by atoms with Gasteiger partial charge in [-0.15, -0.1) is 0 Å². The highest BCUT2D eigenvalue weighted by Crippen LogP contribution is 2.25. The molecule has 1 aliphatic heterocycles. The Balaban J connectivity index is 1.95. The van der Waals surface area contributed by atoms with Crippen molar-refractivity contribution in [2.75, 3.05) is 13.6 Å². The Morgan fingerprint density at radius 1 is 1.30 bits per heavy atom. The second-order valence-corrected chi connectivity index (χ2v) is 6.09. The molecule has 1 heterocycles. The summed E-state index contributed by atoms with van der Waals surface area (Å²) in [5.74, 6) is -0.102. The molecule has 2 rings (SSSR count). The topological polar surface area (TPSA) is 15.3 Å². The van der Waals surface area contributed by atoms with Crippen LogP contribution in [0.2, 0.25) is 0 Å². The fourth-order valence-corrected chi connectivity index (χ4v) is 3.12. The first-order chi connectivity index (χ1) is 9.59. The van der Waals surface area contributed by atoms with Crippen LogP contribution in [0.15, 0.2) is 24.3 Å². The van der Waals surface area contributed by atoms with E-state index in [1.165, 1.54) is 19.3 Å². The highest BCUT2D eigenvalue weighted by Gasteiger charge is 2.23. The number of nitrogens with one attached hydrogen (secondary N) is 1. The Morgan fingerprint density at radius 3 is 2.70 bits per heavy atom. The van der Waals surface area contributed by atoms with Gasteiger partial charge in [-0.3, -0.25) is 4.90 Å². The maximum Gasteiger partial charge on any atom is 0.127 e. The summed E-state index contributed by atoms with van der Waals surface area (Å²) in [6.45, 7) is 5.47. The van der Waals surface area contributed by atoms with Gasteiger partial charge >= 0.3 is 0 Å². The van der Waals surface area contributed by atoms with Crippen LogP contribution in [0.5, 0.6) is 0 Å². The molecule has 1 aliphatic rings. The maximum absolute atomic E-state index is 13.9. The zero-order valence-electron chi connectivity index (χ0n) is 12.9. The molecule has 0 amide bonds. The van der Waals surface area contributed by atoms with E-state index in [9.17, 15) is 4.39 Å². The number of nitrogens with zero attached hydrogens (tertiary/aromatic N) is 1. The predicted octanol–water partition coefficient (Wildman–Crippen LogP) is 3.74. The van der Waals surface area contributed by atoms with Crippen LogP contribution in [0.25, 0.3) is 0 Å². The Morgan fingerprint density at radius 2 is 2.05 bits per heavy atom. The molecule has 20 heavy (non-hydrogen) atoms. The largest absolute Gasteiger partial charge is 0.314 e. The van der Waals surface area contributed by atoms with Crippen LogP contribution in [0.3, 0.4) is 0 Å². The van der Waals surface area contributed by atoms with E-state index < -0.39 is 0 Å². The molecular weight excluding hydrogens is 251 g/mol. The van der Waals surface area contributed by atoms with Crippen molar-refractivity contribution in [3.8, 4) is 0 Å². The smallest absolute Gasteiger partial charge is 0.127 e. The minimum Gasteiger partial charge on any atom is -0.314 e. The number of halogens is 1. The van der Waals surface area contributed by atoms with Gasteiger partial charge in [0.2, 0.25) is 0 Å². The van der Waals surface area contributed by atoms with E-state index >= 15 is 0 Å². The van der Waals surface area contributed by atoms with Gasteiger partial charge in [-0.1, -0.05) is 24.6 Å². The van der Waals surface area contributed by atoms with Crippen LogP contribution < -0.4 is 5.32 Å². The third-order valence-electron chi connectivity index (χ3n) is 4.70. The average molecular weight is 278 g/mol. The summed E-state index contributed by atoms with van der Waals surface area (Å²) in [5.41, 5.74) is 0.790. The molecule has 1 fully saturated rings. The van der Waals surface area contributed by atoms with Crippen LogP contribution in [0.1, 0.15) is 51.1 Å². The standard InChI is InChI=1S/C17H27FN2/c1-13(12-15-8-6-7-11-19-15)20(3)14(2)16-9-4-5-10-17(16)18/h4-5,9-10,13-15,19H,6-8,11-12H2,1-3H3. The van der Waals surface area contributed by atoms with Gasteiger partial charge in [0.25, 0.3) is 0 Å². The third-order valence-corrected chi connectivity index (χ3v) is 4.70. The number of hydrogen-bond acceptors (Lipinski definition) is 2. The molecule has 0 aliphatic carbocycles. The van der Waals surface area contributed by atoms with Crippen LogP contribution in [0.4, 0.5) is 4.39 Å². The molecule has 3 atom stereocenters. The summed E-state index contributed by atoms with van der Waals surface area (Å²) < 4.78 is 13.9. The third kappa shape index (κ3) is 3.80. The van der Waals surface area contributed by atoms with E-state index in [2.05, 4.69) is 31.1 Å². The summed E-state index contributed by atoms with van der Waals surface area (Å²) in [4.78, 5) is 2.29. The van der Waals surface area contributed by atoms with E-state index in [0.29, 0.717) is 12.1 Å². The van der Waals surface area contributed by atoms with Crippen molar-refractivity contribution in [1.82, 2.24) is 10.2 Å². The Hall–Kier alpha value is -0.930. The molecule has 1 saturated heterocycles. The van der Waals surface area contributed by atoms with Crippen LogP contribution in [-0.4, -0.2) is 30.6 Å². The van der Waals surface area contributed by atoms with Gasteiger partial charge in [-0.05, 0) is 52.8 Å². The van der Waals surface area contributed by atoms with E-state index in [1.807, 2.05) is 12.1 Å². The van der Waals surface area contributed by atoms with Crippen molar-refractivity contribution in [1.29, 1.82) is 0 Å². The zero-order chi connectivity index (χ0) is 14.5. The van der Waals surface area contributed by atoms with E-state index in [4.69, 9.17) is 0 Å². The fourth-order valence-electron chi connectivity index (χ4n) is 3.12. The van der Waals surface area contributed by atoms with E-state index in [-0.39, 0.29) is 11.9 Å². The number of rotatable bonds is 5. The second-order valence-electron chi connectivity index (χ2n) is 6.09. The van der Waals surface area contributed by atoms with Crippen molar-refractivity contribution in [3.63, 3.8) is 0 Å². The second kappa shape index (κ2) is 7.19. The summed E-state index contributed by atoms with van der Waals surface area (Å²) in [7, 11) is 2.10. The monoisotopic (exact) mass is 278 g/mol. The van der Waals surface area contributed by atoms with Crippen molar-refractivity contribution in [3.05, 3.63) is 35.6 Å². The van der Waals surface area contributed by atoms with Crippen molar-refractivity contribution in [2.24, 2.45) is 0 Å². The summed E-state index contributed by atoms with van der Waals surface area (Å²) in [6, 6.07) is 8.27. The first kappa shape index (κ1) is 15.5. The molecule has 1 N–H and O–H groups in total. The number of hydrogen-bond donors (Lipinski definition) is 1. The van der Waals surface area contributed by atoms with Gasteiger partial charge in [-0.25, -0.2) is 4.39 Å². The lowest BCUT2D eigenvalue weighted by atomic mass is 9.96. The van der Waals surface area contributed by atoms with E-state index in [1.54, 1.807) is 12.1 Å². The van der Waals surface area contributed by atoms with Crippen molar-refractivity contribution >= 4 is 0 Å². The molecule has 0 radical (unpaired) electrons. The van der Waals surface area contributed by atoms with Gasteiger partial charge < -0.3 is 5.32 Å². The minimum absolute atomic E-state index is 0.102. The maximum atomic E-state index is 13.9. The normalized spacial score (nSPS) is 22.8. The summed E-state index contributed by atoms with van der Waals surface area (Å²) >= 11 is 0. The van der Waals surface area contributed by atoms with Crippen LogP contribution >= 0.6 is 0 Å². The molecule has 112 valence electrons. The zero-order valence-corrected chi connectivity index (χ0v) is 12.9. The molecular formula is C17H27FN2. The molecule has 0 spiro atoms. The fraction of sp³-hybridized carbons (Fsp3) is 0.647. The predicted molar refractivity (Wildman–Crippen MR) is 82.3 cm³/mol. The van der Waals surface area contributed by atoms with Crippen molar-refractivity contribution < 1.29 is 4.39 Å². The molecule has 3 unspecified atom stereocenters. The van der Waals surface area contributed by atoms with Crippen LogP contribution in [-0.2, 0) is 0 Å². The lowest BCUT2D eigenvalue weighted by Crippen LogP contribution is -2.41. The Kier molecular flexibility index (Phi) is 5.55. The van der Waals surface area contributed by atoms with Crippen molar-refractivity contribution in [2.45, 2.75) is 57.7 Å². The van der Waals surface area contributed by atoms with Gasteiger partial charge in [0.15, 0.2) is 0 Å². The first-order valence-corrected chi connectivity index (χ1v) is 7.79. The number of piperidine rings is 1. The molecule has 1 aromatic rings. The molecule has 0 aromatic heterocycles. The lowest BCUT2D eigenvalue weighted by molar-refractivity contribution is 0.167. The molecule has 1 aromatic carbocycles. The molecule has 0 saturated carbocycles. The van der Waals surface area contributed by atoms with Gasteiger partial charge in [0, 0.05) is 23.7 Å². The van der Waals surface area contributed by atoms with Gasteiger partial charge in [0.05, 0.1) is 0 Å².